The van der Waals surface area contributed by atoms with Gasteiger partial charge in [0.1, 0.15) is 5.75 Å². The second-order valence-electron chi connectivity index (χ2n) is 6.43. The van der Waals surface area contributed by atoms with Gasteiger partial charge < -0.3 is 15.4 Å². The minimum absolute atomic E-state index is 0.00562. The SMILES string of the molecule is CC(C)Oc1ccc(-c2csc(NC(=O)C(C)C3CNC3)n2)cc1. The predicted molar refractivity (Wildman–Crippen MR) is 97.5 cm³/mol. The van der Waals surface area contributed by atoms with Crippen LogP contribution in [-0.2, 0) is 4.79 Å². The second kappa shape index (κ2) is 7.32. The maximum Gasteiger partial charge on any atom is 0.229 e. The van der Waals surface area contributed by atoms with E-state index in [0.717, 1.165) is 30.1 Å². The van der Waals surface area contributed by atoms with Gasteiger partial charge in [0.25, 0.3) is 0 Å². The van der Waals surface area contributed by atoms with E-state index < -0.39 is 0 Å². The first-order valence-corrected chi connectivity index (χ1v) is 9.15. The Hall–Kier alpha value is -1.92. The monoisotopic (exact) mass is 345 g/mol. The van der Waals surface area contributed by atoms with Gasteiger partial charge in [0, 0.05) is 16.9 Å². The zero-order chi connectivity index (χ0) is 17.1. The molecule has 1 atom stereocenters. The van der Waals surface area contributed by atoms with Crippen LogP contribution in [0.4, 0.5) is 5.13 Å². The molecule has 0 bridgehead atoms. The highest BCUT2D eigenvalue weighted by atomic mass is 32.1. The number of rotatable bonds is 6. The number of carbonyl (C=O) groups is 1. The van der Waals surface area contributed by atoms with E-state index in [4.69, 9.17) is 4.74 Å². The first-order chi connectivity index (χ1) is 11.5. The molecule has 128 valence electrons. The predicted octanol–water partition coefficient (Wildman–Crippen LogP) is 3.39. The molecular formula is C18H23N3O2S. The largest absolute Gasteiger partial charge is 0.491 e. The van der Waals surface area contributed by atoms with Crippen LogP contribution in [0.25, 0.3) is 11.3 Å². The van der Waals surface area contributed by atoms with Crippen molar-refractivity contribution in [3.63, 3.8) is 0 Å². The van der Waals surface area contributed by atoms with E-state index in [2.05, 4.69) is 15.6 Å². The number of hydrogen-bond donors (Lipinski definition) is 2. The Morgan fingerprint density at radius 1 is 1.29 bits per heavy atom. The zero-order valence-electron chi connectivity index (χ0n) is 14.2. The van der Waals surface area contributed by atoms with Crippen molar-refractivity contribution in [2.24, 2.45) is 11.8 Å². The summed E-state index contributed by atoms with van der Waals surface area (Å²) in [5.41, 5.74) is 1.88. The summed E-state index contributed by atoms with van der Waals surface area (Å²) < 4.78 is 5.65. The molecule has 3 rings (SSSR count). The van der Waals surface area contributed by atoms with Gasteiger partial charge in [-0.05, 0) is 57.1 Å². The second-order valence-corrected chi connectivity index (χ2v) is 7.28. The van der Waals surface area contributed by atoms with Gasteiger partial charge in [-0.2, -0.15) is 0 Å². The van der Waals surface area contributed by atoms with Crippen LogP contribution in [0, 0.1) is 11.8 Å². The summed E-state index contributed by atoms with van der Waals surface area (Å²) in [5.74, 6) is 1.33. The number of aromatic nitrogens is 1. The number of thiazole rings is 1. The number of hydrogen-bond acceptors (Lipinski definition) is 5. The Labute approximate surface area is 146 Å². The number of benzene rings is 1. The van der Waals surface area contributed by atoms with Gasteiger partial charge in [0.05, 0.1) is 11.8 Å². The highest BCUT2D eigenvalue weighted by molar-refractivity contribution is 7.14. The van der Waals surface area contributed by atoms with Gasteiger partial charge in [-0.3, -0.25) is 4.79 Å². The number of anilines is 1. The molecule has 1 amide bonds. The fraction of sp³-hybridized carbons (Fsp3) is 0.444. The zero-order valence-corrected chi connectivity index (χ0v) is 15.0. The summed E-state index contributed by atoms with van der Waals surface area (Å²) in [6.07, 6.45) is 0.157. The molecule has 1 fully saturated rings. The number of amides is 1. The van der Waals surface area contributed by atoms with Crippen LogP contribution in [0.2, 0.25) is 0 Å². The van der Waals surface area contributed by atoms with Gasteiger partial charge in [-0.15, -0.1) is 11.3 Å². The van der Waals surface area contributed by atoms with Crippen LogP contribution < -0.4 is 15.4 Å². The fourth-order valence-corrected chi connectivity index (χ4v) is 3.26. The first-order valence-electron chi connectivity index (χ1n) is 8.27. The molecular weight excluding hydrogens is 322 g/mol. The summed E-state index contributed by atoms with van der Waals surface area (Å²) in [4.78, 5) is 16.8. The van der Waals surface area contributed by atoms with E-state index in [1.165, 1.54) is 11.3 Å². The molecule has 1 aromatic heterocycles. The van der Waals surface area contributed by atoms with Gasteiger partial charge >= 0.3 is 0 Å². The smallest absolute Gasteiger partial charge is 0.229 e. The summed E-state index contributed by atoms with van der Waals surface area (Å²) in [6.45, 7) is 7.82. The van der Waals surface area contributed by atoms with E-state index in [9.17, 15) is 4.79 Å². The van der Waals surface area contributed by atoms with Crippen molar-refractivity contribution in [1.82, 2.24) is 10.3 Å². The van der Waals surface area contributed by atoms with Crippen LogP contribution in [0.1, 0.15) is 20.8 Å². The molecule has 2 aromatic rings. The highest BCUT2D eigenvalue weighted by Gasteiger charge is 2.29. The van der Waals surface area contributed by atoms with Gasteiger partial charge in [-0.25, -0.2) is 4.98 Å². The first kappa shape index (κ1) is 16.9. The molecule has 1 unspecified atom stereocenters. The number of carbonyl (C=O) groups excluding carboxylic acids is 1. The molecule has 0 aliphatic carbocycles. The molecule has 0 radical (unpaired) electrons. The van der Waals surface area contributed by atoms with E-state index in [-0.39, 0.29) is 17.9 Å². The molecule has 5 nitrogen and oxygen atoms in total. The molecule has 1 aromatic carbocycles. The fourth-order valence-electron chi connectivity index (χ4n) is 2.54. The third-order valence-corrected chi connectivity index (χ3v) is 4.95. The molecule has 0 spiro atoms. The molecule has 2 heterocycles. The molecule has 24 heavy (non-hydrogen) atoms. The lowest BCUT2D eigenvalue weighted by Gasteiger charge is -2.31. The van der Waals surface area contributed by atoms with Crippen molar-refractivity contribution in [2.75, 3.05) is 18.4 Å². The minimum atomic E-state index is 0.00562. The van der Waals surface area contributed by atoms with E-state index in [1.807, 2.05) is 50.4 Å². The topological polar surface area (TPSA) is 63.2 Å². The van der Waals surface area contributed by atoms with Crippen molar-refractivity contribution < 1.29 is 9.53 Å². The summed E-state index contributed by atoms with van der Waals surface area (Å²) in [7, 11) is 0. The van der Waals surface area contributed by atoms with Gasteiger partial charge in [0.2, 0.25) is 5.91 Å². The molecule has 1 aliphatic rings. The summed E-state index contributed by atoms with van der Waals surface area (Å²) >= 11 is 1.45. The molecule has 1 saturated heterocycles. The lowest BCUT2D eigenvalue weighted by atomic mass is 9.88. The van der Waals surface area contributed by atoms with Gasteiger partial charge in [-0.1, -0.05) is 6.92 Å². The number of nitrogens with zero attached hydrogens (tertiary/aromatic N) is 1. The minimum Gasteiger partial charge on any atom is -0.491 e. The lowest BCUT2D eigenvalue weighted by molar-refractivity contribution is -0.121. The average molecular weight is 345 g/mol. The van der Waals surface area contributed by atoms with Crippen molar-refractivity contribution in [3.8, 4) is 17.0 Å². The van der Waals surface area contributed by atoms with Crippen LogP contribution in [-0.4, -0.2) is 30.1 Å². The summed E-state index contributed by atoms with van der Waals surface area (Å²) in [6, 6.07) is 7.86. The van der Waals surface area contributed by atoms with Crippen molar-refractivity contribution in [3.05, 3.63) is 29.6 Å². The Balaban J connectivity index is 1.63. The molecule has 0 saturated carbocycles. The maximum absolute atomic E-state index is 12.3. The van der Waals surface area contributed by atoms with E-state index >= 15 is 0 Å². The molecule has 6 heteroatoms. The third kappa shape index (κ3) is 3.94. The van der Waals surface area contributed by atoms with E-state index in [1.54, 1.807) is 0 Å². The highest BCUT2D eigenvalue weighted by Crippen LogP contribution is 2.27. The van der Waals surface area contributed by atoms with Crippen LogP contribution >= 0.6 is 11.3 Å². The Morgan fingerprint density at radius 2 is 2.00 bits per heavy atom. The number of ether oxygens (including phenoxy) is 1. The van der Waals surface area contributed by atoms with E-state index in [0.29, 0.717) is 11.0 Å². The molecule has 1 aliphatic heterocycles. The number of nitrogens with one attached hydrogen (secondary N) is 2. The quantitative estimate of drug-likeness (QED) is 0.842. The van der Waals surface area contributed by atoms with Crippen LogP contribution in [0.15, 0.2) is 29.6 Å². The Kier molecular flexibility index (Phi) is 5.16. The van der Waals surface area contributed by atoms with Crippen molar-refractivity contribution >= 4 is 22.4 Å². The van der Waals surface area contributed by atoms with Crippen LogP contribution in [0.5, 0.6) is 5.75 Å². The normalized spacial score (nSPS) is 15.8. The van der Waals surface area contributed by atoms with Crippen LogP contribution in [0.3, 0.4) is 0 Å². The Bertz CT molecular complexity index is 693. The molecule has 2 N–H and O–H groups in total. The summed E-state index contributed by atoms with van der Waals surface area (Å²) in [5, 5.41) is 8.75. The third-order valence-electron chi connectivity index (χ3n) is 4.19. The van der Waals surface area contributed by atoms with Gasteiger partial charge in [0.15, 0.2) is 5.13 Å². The average Bonchev–Trinajstić information content (AvgIpc) is 2.94. The standard InChI is InChI=1S/C18H23N3O2S/c1-11(2)23-15-6-4-13(5-7-15)16-10-24-18(20-16)21-17(22)12(3)14-8-19-9-14/h4-7,10-12,14,19H,8-9H2,1-3H3,(H,20,21,22). The Morgan fingerprint density at radius 3 is 2.58 bits per heavy atom. The van der Waals surface area contributed by atoms with Crippen molar-refractivity contribution in [2.45, 2.75) is 26.9 Å². The van der Waals surface area contributed by atoms with Crippen molar-refractivity contribution in [1.29, 1.82) is 0 Å². The maximum atomic E-state index is 12.3. The lowest BCUT2D eigenvalue weighted by Crippen LogP contribution is -2.48.